The highest BCUT2D eigenvalue weighted by Crippen LogP contribution is 2.34. The Kier molecular flexibility index (Phi) is 8.95. The van der Waals surface area contributed by atoms with E-state index in [4.69, 9.17) is 9.47 Å². The molecular formula is C25H33NO6. The van der Waals surface area contributed by atoms with Crippen LogP contribution in [-0.4, -0.2) is 54.1 Å². The highest BCUT2D eigenvalue weighted by atomic mass is 16.6. The smallest absolute Gasteiger partial charge is 0.337 e. The molecule has 174 valence electrons. The molecule has 1 amide bonds. The van der Waals surface area contributed by atoms with Gasteiger partial charge in [-0.3, -0.25) is 4.79 Å². The molecular weight excluding hydrogens is 410 g/mol. The quantitative estimate of drug-likeness (QED) is 0.461. The van der Waals surface area contributed by atoms with Crippen molar-refractivity contribution in [3.05, 3.63) is 71.8 Å². The lowest BCUT2D eigenvalue weighted by atomic mass is 9.87. The monoisotopic (exact) mass is 443 g/mol. The Morgan fingerprint density at radius 1 is 0.969 bits per heavy atom. The molecule has 0 spiro atoms. The molecule has 0 aromatic heterocycles. The van der Waals surface area contributed by atoms with Gasteiger partial charge < -0.3 is 25.0 Å². The Hall–Kier alpha value is -2.74. The first-order valence-electron chi connectivity index (χ1n) is 10.7. The van der Waals surface area contributed by atoms with Gasteiger partial charge in [-0.05, 0) is 25.0 Å². The largest absolute Gasteiger partial charge is 0.464 e. The summed E-state index contributed by atoms with van der Waals surface area (Å²) < 4.78 is 11.5. The van der Waals surface area contributed by atoms with Crippen molar-refractivity contribution in [3.8, 4) is 0 Å². The first kappa shape index (κ1) is 25.5. The number of nitrogens with one attached hydrogen (secondary N) is 1. The minimum atomic E-state index is -1.45. The van der Waals surface area contributed by atoms with Gasteiger partial charge in [0.1, 0.15) is 11.7 Å². The summed E-state index contributed by atoms with van der Waals surface area (Å²) in [6, 6.07) is 18.9. The maximum absolute atomic E-state index is 12.7. The van der Waals surface area contributed by atoms with Crippen LogP contribution in [0.2, 0.25) is 0 Å². The van der Waals surface area contributed by atoms with Crippen LogP contribution in [0, 0.1) is 5.41 Å². The number of carbonyl (C=O) groups is 2. The van der Waals surface area contributed by atoms with Crippen LogP contribution in [0.5, 0.6) is 0 Å². The normalized spacial score (nSPS) is 13.8. The van der Waals surface area contributed by atoms with Gasteiger partial charge in [-0.2, -0.15) is 0 Å². The van der Waals surface area contributed by atoms with Crippen molar-refractivity contribution in [1.29, 1.82) is 0 Å². The van der Waals surface area contributed by atoms with Gasteiger partial charge in [-0.25, -0.2) is 4.79 Å². The van der Waals surface area contributed by atoms with E-state index in [1.165, 1.54) is 0 Å². The molecule has 3 N–H and O–H groups in total. The minimum Gasteiger partial charge on any atom is -0.464 e. The van der Waals surface area contributed by atoms with E-state index in [-0.39, 0.29) is 19.8 Å². The molecule has 7 nitrogen and oxygen atoms in total. The van der Waals surface area contributed by atoms with Crippen LogP contribution in [0.4, 0.5) is 0 Å². The topological polar surface area (TPSA) is 105 Å². The van der Waals surface area contributed by atoms with Crippen molar-refractivity contribution in [3.63, 3.8) is 0 Å². The van der Waals surface area contributed by atoms with E-state index in [0.717, 1.165) is 11.1 Å². The Balaban J connectivity index is 2.32. The third-order valence-corrected chi connectivity index (χ3v) is 5.43. The number of carbonyl (C=O) groups excluding carboxylic acids is 2. The summed E-state index contributed by atoms with van der Waals surface area (Å²) >= 11 is 0. The molecule has 0 aliphatic rings. The number of ether oxygens (including phenoxy) is 2. The first-order valence-corrected chi connectivity index (χ1v) is 10.7. The summed E-state index contributed by atoms with van der Waals surface area (Å²) in [4.78, 5) is 25.2. The molecule has 2 aromatic rings. The molecule has 0 saturated heterocycles. The number of rotatable bonds is 11. The lowest BCUT2D eigenvalue weighted by Gasteiger charge is -2.35. The molecule has 0 saturated carbocycles. The third kappa shape index (κ3) is 6.16. The van der Waals surface area contributed by atoms with E-state index in [0.29, 0.717) is 0 Å². The van der Waals surface area contributed by atoms with Gasteiger partial charge in [0.05, 0.1) is 19.8 Å². The third-order valence-electron chi connectivity index (χ3n) is 5.43. The fourth-order valence-electron chi connectivity index (χ4n) is 3.24. The Bertz CT molecular complexity index is 829. The van der Waals surface area contributed by atoms with Crippen LogP contribution in [0.1, 0.15) is 38.8 Å². The summed E-state index contributed by atoms with van der Waals surface area (Å²) in [6.07, 6.45) is -2.58. The van der Waals surface area contributed by atoms with E-state index in [9.17, 15) is 19.8 Å². The Morgan fingerprint density at radius 3 is 1.91 bits per heavy atom. The van der Waals surface area contributed by atoms with Crippen molar-refractivity contribution in [2.24, 2.45) is 5.41 Å². The molecule has 1 unspecified atom stereocenters. The van der Waals surface area contributed by atoms with Gasteiger partial charge in [0.2, 0.25) is 5.91 Å². The van der Waals surface area contributed by atoms with Gasteiger partial charge in [0.25, 0.3) is 0 Å². The van der Waals surface area contributed by atoms with E-state index in [1.807, 2.05) is 67.6 Å². The van der Waals surface area contributed by atoms with Crippen LogP contribution in [-0.2, 0) is 24.7 Å². The molecule has 0 aliphatic carbocycles. The molecule has 0 fully saturated rings. The maximum atomic E-state index is 12.7. The number of amides is 1. The Labute approximate surface area is 189 Å². The summed E-state index contributed by atoms with van der Waals surface area (Å²) in [6.45, 7) is 6.26. The number of hydrogen-bond acceptors (Lipinski definition) is 6. The zero-order chi connectivity index (χ0) is 23.8. The Morgan fingerprint density at radius 2 is 1.47 bits per heavy atom. The number of benzene rings is 2. The van der Waals surface area contributed by atoms with Gasteiger partial charge in [-0.1, -0.05) is 74.5 Å². The predicted molar refractivity (Wildman–Crippen MR) is 121 cm³/mol. The maximum Gasteiger partial charge on any atom is 0.337 e. The van der Waals surface area contributed by atoms with Crippen LogP contribution < -0.4 is 5.32 Å². The average molecular weight is 444 g/mol. The van der Waals surface area contributed by atoms with Gasteiger partial charge in [-0.15, -0.1) is 0 Å². The van der Waals surface area contributed by atoms with Crippen molar-refractivity contribution in [1.82, 2.24) is 5.32 Å². The number of aliphatic hydroxyl groups excluding tert-OH is 2. The zero-order valence-corrected chi connectivity index (χ0v) is 19.1. The number of esters is 1. The minimum absolute atomic E-state index is 0.153. The fourth-order valence-corrected chi connectivity index (χ4v) is 3.24. The van der Waals surface area contributed by atoms with E-state index >= 15 is 0 Å². The van der Waals surface area contributed by atoms with Crippen LogP contribution >= 0.6 is 0 Å². The summed E-state index contributed by atoms with van der Waals surface area (Å²) in [5, 5.41) is 22.2. The molecule has 0 heterocycles. The van der Waals surface area contributed by atoms with E-state index < -0.39 is 35.1 Å². The summed E-state index contributed by atoms with van der Waals surface area (Å²) in [5.74, 6) is -1.33. The summed E-state index contributed by atoms with van der Waals surface area (Å²) in [7, 11) is 0. The second-order valence-electron chi connectivity index (χ2n) is 8.42. The average Bonchev–Trinajstić information content (AvgIpc) is 2.82. The fraction of sp³-hybridized carbons (Fsp3) is 0.440. The van der Waals surface area contributed by atoms with Gasteiger partial charge in [0.15, 0.2) is 6.10 Å². The van der Waals surface area contributed by atoms with Crippen LogP contribution in [0.25, 0.3) is 0 Å². The lowest BCUT2D eigenvalue weighted by Crippen LogP contribution is -2.50. The van der Waals surface area contributed by atoms with Gasteiger partial charge >= 0.3 is 5.97 Å². The second-order valence-corrected chi connectivity index (χ2v) is 8.42. The highest BCUT2D eigenvalue weighted by molar-refractivity contribution is 5.82. The molecule has 0 aliphatic heterocycles. The first-order chi connectivity index (χ1) is 15.2. The van der Waals surface area contributed by atoms with Crippen molar-refractivity contribution in [2.75, 3.05) is 19.8 Å². The molecule has 0 radical (unpaired) electrons. The molecule has 7 heteroatoms. The highest BCUT2D eigenvalue weighted by Gasteiger charge is 2.38. The SMILES string of the molecule is CCOC(=O)C(CNC(=O)[C@H](O)C(C)(C)CO)OC(C)(c1ccccc1)c1ccccc1. The molecule has 0 bridgehead atoms. The zero-order valence-electron chi connectivity index (χ0n) is 19.1. The number of hydrogen-bond donors (Lipinski definition) is 3. The molecule has 32 heavy (non-hydrogen) atoms. The molecule has 2 aromatic carbocycles. The second kappa shape index (κ2) is 11.2. The van der Waals surface area contributed by atoms with Crippen molar-refractivity contribution < 1.29 is 29.3 Å². The molecule has 2 atom stereocenters. The lowest BCUT2D eigenvalue weighted by molar-refractivity contribution is -0.166. The molecule has 2 rings (SSSR count). The van der Waals surface area contributed by atoms with Crippen molar-refractivity contribution in [2.45, 2.75) is 45.5 Å². The standard InChI is InChI=1S/C25H33NO6/c1-5-31-23(30)20(16-26-22(29)21(28)24(2,3)17-27)32-25(4,18-12-8-6-9-13-18)19-14-10-7-11-15-19/h6-15,20-21,27-28H,5,16-17H2,1-4H3,(H,26,29)/t20?,21-/m0/s1. The number of aliphatic hydroxyl groups is 2. The van der Waals surface area contributed by atoms with Crippen molar-refractivity contribution >= 4 is 11.9 Å². The van der Waals surface area contributed by atoms with E-state index in [2.05, 4.69) is 5.32 Å². The van der Waals surface area contributed by atoms with Crippen LogP contribution in [0.15, 0.2) is 60.7 Å². The van der Waals surface area contributed by atoms with Gasteiger partial charge in [0, 0.05) is 5.41 Å². The van der Waals surface area contributed by atoms with E-state index in [1.54, 1.807) is 20.8 Å². The predicted octanol–water partition coefficient (Wildman–Crippen LogP) is 2.39. The van der Waals surface area contributed by atoms with Crippen LogP contribution in [0.3, 0.4) is 0 Å². The summed E-state index contributed by atoms with van der Waals surface area (Å²) in [5.41, 5.74) is -0.387.